The summed E-state index contributed by atoms with van der Waals surface area (Å²) in [7, 11) is -4.00. The lowest BCUT2D eigenvalue weighted by atomic mass is 10.2. The molecule has 2 N–H and O–H groups in total. The summed E-state index contributed by atoms with van der Waals surface area (Å²) in [6, 6.07) is 1.32. The van der Waals surface area contributed by atoms with Gasteiger partial charge in [0.05, 0.1) is 0 Å². The van der Waals surface area contributed by atoms with Gasteiger partial charge in [0.25, 0.3) is 0 Å². The summed E-state index contributed by atoms with van der Waals surface area (Å²) in [6.07, 6.45) is 0. The summed E-state index contributed by atoms with van der Waals surface area (Å²) < 4.78 is 52.6. The van der Waals surface area contributed by atoms with Crippen molar-refractivity contribution < 1.29 is 17.2 Å². The second-order valence-electron chi connectivity index (χ2n) is 4.01. The number of hydrogen-bond acceptors (Lipinski definition) is 3. The molecule has 0 bridgehead atoms. The Morgan fingerprint density at radius 1 is 1.29 bits per heavy atom. The number of nitrogens with one attached hydrogen (secondary N) is 2. The van der Waals surface area contributed by atoms with Crippen LogP contribution in [0.25, 0.3) is 0 Å². The van der Waals surface area contributed by atoms with Gasteiger partial charge >= 0.3 is 0 Å². The van der Waals surface area contributed by atoms with Gasteiger partial charge in [0, 0.05) is 19.1 Å². The van der Waals surface area contributed by atoms with Gasteiger partial charge in [-0.2, -0.15) is 0 Å². The normalized spacial score (nSPS) is 16.9. The van der Waals surface area contributed by atoms with Crippen molar-refractivity contribution in [3.63, 3.8) is 0 Å². The zero-order chi connectivity index (χ0) is 12.6. The van der Waals surface area contributed by atoms with Gasteiger partial charge in [-0.05, 0) is 24.6 Å². The highest BCUT2D eigenvalue weighted by Gasteiger charge is 2.27. The number of benzene rings is 1. The molecule has 1 aromatic rings. The lowest BCUT2D eigenvalue weighted by Gasteiger charge is -2.27. The molecule has 2 rings (SSSR count). The Kier molecular flexibility index (Phi) is 3.15. The maximum atomic E-state index is 13.5. The Morgan fingerprint density at radius 2 is 1.94 bits per heavy atom. The van der Waals surface area contributed by atoms with Crippen molar-refractivity contribution in [1.29, 1.82) is 0 Å². The molecule has 1 aromatic carbocycles. The molecule has 0 amide bonds. The van der Waals surface area contributed by atoms with Gasteiger partial charge in [-0.3, -0.25) is 0 Å². The molecule has 0 spiro atoms. The predicted molar refractivity (Wildman–Crippen MR) is 58.1 cm³/mol. The van der Waals surface area contributed by atoms with Gasteiger partial charge in [-0.15, -0.1) is 0 Å². The van der Waals surface area contributed by atoms with Crippen molar-refractivity contribution in [2.45, 2.75) is 17.9 Å². The van der Waals surface area contributed by atoms with E-state index in [9.17, 15) is 17.2 Å². The van der Waals surface area contributed by atoms with Crippen LogP contribution in [0.4, 0.5) is 8.78 Å². The molecule has 0 radical (unpaired) electrons. The van der Waals surface area contributed by atoms with E-state index in [0.717, 1.165) is 6.07 Å². The molecular weight excluding hydrogens is 250 g/mol. The van der Waals surface area contributed by atoms with Crippen LogP contribution in [0.15, 0.2) is 17.0 Å². The number of halogens is 2. The molecule has 0 saturated carbocycles. The minimum absolute atomic E-state index is 0.0757. The van der Waals surface area contributed by atoms with Crippen LogP contribution >= 0.6 is 0 Å². The molecule has 1 saturated heterocycles. The fourth-order valence-electron chi connectivity index (χ4n) is 1.49. The number of aryl methyl sites for hydroxylation is 1. The van der Waals surface area contributed by atoms with Gasteiger partial charge < -0.3 is 5.32 Å². The number of sulfonamides is 1. The van der Waals surface area contributed by atoms with Crippen LogP contribution in [0.3, 0.4) is 0 Å². The van der Waals surface area contributed by atoms with Crippen molar-refractivity contribution >= 4 is 10.0 Å². The average Bonchev–Trinajstić information content (AvgIpc) is 2.17. The van der Waals surface area contributed by atoms with E-state index in [1.165, 1.54) is 6.92 Å². The summed E-state index contributed by atoms with van der Waals surface area (Å²) in [5, 5.41) is 2.88. The van der Waals surface area contributed by atoms with Crippen LogP contribution in [0.2, 0.25) is 0 Å². The molecule has 1 fully saturated rings. The van der Waals surface area contributed by atoms with Crippen LogP contribution < -0.4 is 10.0 Å². The molecule has 94 valence electrons. The Labute approximate surface area is 98.1 Å². The molecule has 7 heteroatoms. The molecule has 0 unspecified atom stereocenters. The third kappa shape index (κ3) is 2.46. The standard InChI is InChI=1S/C10H12F2N2O2S/c1-6-2-9(12)10(3-8(6)11)17(15,16)14-7-4-13-5-7/h2-3,7,13-14H,4-5H2,1H3. The van der Waals surface area contributed by atoms with E-state index < -0.39 is 26.6 Å². The first-order chi connectivity index (χ1) is 7.90. The van der Waals surface area contributed by atoms with E-state index in [2.05, 4.69) is 10.0 Å². The SMILES string of the molecule is Cc1cc(F)c(S(=O)(=O)NC2CNC2)cc1F. The van der Waals surface area contributed by atoms with Crippen LogP contribution in [-0.4, -0.2) is 27.5 Å². The van der Waals surface area contributed by atoms with E-state index in [-0.39, 0.29) is 11.6 Å². The third-order valence-corrected chi connectivity index (χ3v) is 4.14. The number of hydrogen-bond donors (Lipinski definition) is 2. The maximum absolute atomic E-state index is 13.5. The topological polar surface area (TPSA) is 58.2 Å². The van der Waals surface area contributed by atoms with Crippen LogP contribution in [0.1, 0.15) is 5.56 Å². The number of rotatable bonds is 3. The Bertz CT molecular complexity index is 541. The van der Waals surface area contributed by atoms with E-state index in [1.807, 2.05) is 0 Å². The average molecular weight is 262 g/mol. The minimum atomic E-state index is -4.00. The minimum Gasteiger partial charge on any atom is -0.313 e. The maximum Gasteiger partial charge on any atom is 0.243 e. The summed E-state index contributed by atoms with van der Waals surface area (Å²) >= 11 is 0. The lowest BCUT2D eigenvalue weighted by molar-refractivity contribution is 0.409. The predicted octanol–water partition coefficient (Wildman–Crippen LogP) is 0.523. The highest BCUT2D eigenvalue weighted by molar-refractivity contribution is 7.89. The van der Waals surface area contributed by atoms with Crippen molar-refractivity contribution in [3.05, 3.63) is 29.3 Å². The molecule has 17 heavy (non-hydrogen) atoms. The summed E-state index contributed by atoms with van der Waals surface area (Å²) in [4.78, 5) is -0.646. The second kappa shape index (κ2) is 4.32. The first-order valence-electron chi connectivity index (χ1n) is 5.09. The summed E-state index contributed by atoms with van der Waals surface area (Å²) in [5.41, 5.74) is 0.0757. The Hall–Kier alpha value is -1.05. The van der Waals surface area contributed by atoms with E-state index in [0.29, 0.717) is 19.2 Å². The quantitative estimate of drug-likeness (QED) is 0.835. The molecule has 4 nitrogen and oxygen atoms in total. The largest absolute Gasteiger partial charge is 0.313 e. The fraction of sp³-hybridized carbons (Fsp3) is 0.400. The third-order valence-electron chi connectivity index (χ3n) is 2.61. The van der Waals surface area contributed by atoms with Gasteiger partial charge in [0.1, 0.15) is 16.5 Å². The lowest BCUT2D eigenvalue weighted by Crippen LogP contribution is -2.56. The zero-order valence-electron chi connectivity index (χ0n) is 9.13. The second-order valence-corrected chi connectivity index (χ2v) is 5.69. The van der Waals surface area contributed by atoms with Gasteiger partial charge in [0.15, 0.2) is 0 Å². The fourth-order valence-corrected chi connectivity index (χ4v) is 2.80. The van der Waals surface area contributed by atoms with Gasteiger partial charge in [-0.25, -0.2) is 21.9 Å². The van der Waals surface area contributed by atoms with E-state index >= 15 is 0 Å². The molecule has 0 aromatic heterocycles. The highest BCUT2D eigenvalue weighted by Crippen LogP contribution is 2.19. The molecule has 1 heterocycles. The summed E-state index contributed by atoms with van der Waals surface area (Å²) in [6.45, 7) is 2.36. The molecule has 0 aliphatic carbocycles. The first kappa shape index (κ1) is 12.4. The van der Waals surface area contributed by atoms with E-state index in [4.69, 9.17) is 0 Å². The van der Waals surface area contributed by atoms with Crippen LogP contribution in [0, 0.1) is 18.6 Å². The van der Waals surface area contributed by atoms with Gasteiger partial charge in [-0.1, -0.05) is 0 Å². The Morgan fingerprint density at radius 3 is 2.47 bits per heavy atom. The van der Waals surface area contributed by atoms with Crippen molar-refractivity contribution in [1.82, 2.24) is 10.0 Å². The van der Waals surface area contributed by atoms with E-state index in [1.54, 1.807) is 0 Å². The highest BCUT2D eigenvalue weighted by atomic mass is 32.2. The van der Waals surface area contributed by atoms with Crippen molar-refractivity contribution in [2.75, 3.05) is 13.1 Å². The van der Waals surface area contributed by atoms with Crippen molar-refractivity contribution in [3.8, 4) is 0 Å². The molecule has 0 atom stereocenters. The molecule has 1 aliphatic heterocycles. The zero-order valence-corrected chi connectivity index (χ0v) is 9.94. The van der Waals surface area contributed by atoms with Gasteiger partial charge in [0.2, 0.25) is 10.0 Å². The Balaban J connectivity index is 2.35. The van der Waals surface area contributed by atoms with Crippen LogP contribution in [-0.2, 0) is 10.0 Å². The monoisotopic (exact) mass is 262 g/mol. The van der Waals surface area contributed by atoms with Crippen LogP contribution in [0.5, 0.6) is 0 Å². The first-order valence-corrected chi connectivity index (χ1v) is 6.57. The summed E-state index contributed by atoms with van der Waals surface area (Å²) in [5.74, 6) is -1.68. The molecular formula is C10H12F2N2O2S. The molecule has 1 aliphatic rings. The smallest absolute Gasteiger partial charge is 0.243 e. The van der Waals surface area contributed by atoms with Crippen molar-refractivity contribution in [2.24, 2.45) is 0 Å².